The molecule has 1 heterocycles. The Kier molecular flexibility index (Phi) is 10.8. The third kappa shape index (κ3) is 8.69. The van der Waals surface area contributed by atoms with Crippen molar-refractivity contribution in [2.45, 2.75) is 78.1 Å². The Balaban J connectivity index is 2.09. The summed E-state index contributed by atoms with van der Waals surface area (Å²) in [5.74, 6) is 1.50. The summed E-state index contributed by atoms with van der Waals surface area (Å²) in [7, 11) is 0. The molecule has 1 rings (SSSR count). The van der Waals surface area contributed by atoms with Crippen molar-refractivity contribution < 1.29 is 13.9 Å². The second-order valence-electron chi connectivity index (χ2n) is 5.63. The zero-order chi connectivity index (χ0) is 15.2. The lowest BCUT2D eigenvalue weighted by Gasteiger charge is -2.08. The van der Waals surface area contributed by atoms with Crippen molar-refractivity contribution in [2.24, 2.45) is 0 Å². The van der Waals surface area contributed by atoms with Crippen LogP contribution < -0.4 is 9.47 Å². The minimum absolute atomic E-state index is 0.746. The molecular weight excluding hydrogens is 264 g/mol. The maximum atomic E-state index is 5.73. The minimum Gasteiger partial charge on any atom is -0.487 e. The molecule has 122 valence electrons. The van der Waals surface area contributed by atoms with Crippen LogP contribution in [-0.4, -0.2) is 13.2 Å². The largest absolute Gasteiger partial charge is 0.487 e. The van der Waals surface area contributed by atoms with Crippen molar-refractivity contribution >= 4 is 0 Å². The second-order valence-corrected chi connectivity index (χ2v) is 5.63. The summed E-state index contributed by atoms with van der Waals surface area (Å²) in [6.07, 6.45) is 15.7. The van der Waals surface area contributed by atoms with Crippen molar-refractivity contribution in [3.8, 4) is 11.5 Å². The van der Waals surface area contributed by atoms with Crippen LogP contribution in [0.25, 0.3) is 0 Å². The number of hydrogen-bond acceptors (Lipinski definition) is 3. The molecule has 0 spiro atoms. The first-order valence-electron chi connectivity index (χ1n) is 8.70. The monoisotopic (exact) mass is 296 g/mol. The lowest BCUT2D eigenvalue weighted by atomic mass is 10.2. The molecule has 3 nitrogen and oxygen atoms in total. The zero-order valence-corrected chi connectivity index (χ0v) is 13.9. The van der Waals surface area contributed by atoms with Crippen molar-refractivity contribution in [3.63, 3.8) is 0 Å². The highest BCUT2D eigenvalue weighted by Gasteiger charge is 2.07. The van der Waals surface area contributed by atoms with Crippen LogP contribution in [0.1, 0.15) is 78.1 Å². The van der Waals surface area contributed by atoms with E-state index in [1.165, 1.54) is 51.4 Å². The average molecular weight is 296 g/mol. The Labute approximate surface area is 130 Å². The molecule has 0 saturated carbocycles. The first-order valence-corrected chi connectivity index (χ1v) is 8.70. The van der Waals surface area contributed by atoms with Crippen LogP contribution in [0.15, 0.2) is 16.9 Å². The first-order chi connectivity index (χ1) is 10.4. The number of unbranched alkanes of at least 4 members (excludes halogenated alkanes) is 8. The molecule has 0 aromatic carbocycles. The van der Waals surface area contributed by atoms with Crippen LogP contribution in [0, 0.1) is 0 Å². The van der Waals surface area contributed by atoms with Gasteiger partial charge in [-0.2, -0.15) is 0 Å². The van der Waals surface area contributed by atoms with Crippen molar-refractivity contribution in [2.75, 3.05) is 13.2 Å². The summed E-state index contributed by atoms with van der Waals surface area (Å²) >= 11 is 0. The fourth-order valence-electron chi connectivity index (χ4n) is 2.26. The topological polar surface area (TPSA) is 31.6 Å². The Morgan fingerprint density at radius 1 is 0.667 bits per heavy atom. The van der Waals surface area contributed by atoms with E-state index in [0.29, 0.717) is 0 Å². The molecule has 0 aliphatic heterocycles. The molecule has 0 aliphatic rings. The third-order valence-corrected chi connectivity index (χ3v) is 3.60. The molecule has 1 aromatic heterocycles. The molecule has 3 heteroatoms. The van der Waals surface area contributed by atoms with Gasteiger partial charge in [0, 0.05) is 0 Å². The van der Waals surface area contributed by atoms with Gasteiger partial charge in [-0.15, -0.1) is 0 Å². The Hall–Kier alpha value is -1.12. The predicted octanol–water partition coefficient (Wildman–Crippen LogP) is 5.98. The van der Waals surface area contributed by atoms with Crippen molar-refractivity contribution in [3.05, 3.63) is 12.5 Å². The van der Waals surface area contributed by atoms with Gasteiger partial charge in [-0.1, -0.05) is 65.2 Å². The molecule has 0 amide bonds. The maximum absolute atomic E-state index is 5.73. The highest BCUT2D eigenvalue weighted by molar-refractivity contribution is 5.34. The van der Waals surface area contributed by atoms with Crippen LogP contribution in [-0.2, 0) is 0 Å². The van der Waals surface area contributed by atoms with Gasteiger partial charge in [-0.3, -0.25) is 0 Å². The van der Waals surface area contributed by atoms with E-state index in [4.69, 9.17) is 13.9 Å². The molecule has 0 atom stereocenters. The Morgan fingerprint density at radius 2 is 1.10 bits per heavy atom. The molecular formula is C18H32O3. The summed E-state index contributed by atoms with van der Waals surface area (Å²) < 4.78 is 16.7. The van der Waals surface area contributed by atoms with Gasteiger partial charge in [0.1, 0.15) is 12.5 Å². The molecule has 21 heavy (non-hydrogen) atoms. The molecule has 0 saturated heterocycles. The van der Waals surface area contributed by atoms with Crippen molar-refractivity contribution in [1.82, 2.24) is 0 Å². The number of ether oxygens (including phenoxy) is 2. The van der Waals surface area contributed by atoms with Crippen LogP contribution in [0.5, 0.6) is 11.5 Å². The van der Waals surface area contributed by atoms with E-state index in [-0.39, 0.29) is 0 Å². The fourth-order valence-corrected chi connectivity index (χ4v) is 2.26. The Bertz CT molecular complexity index is 302. The van der Waals surface area contributed by atoms with E-state index in [9.17, 15) is 0 Å². The van der Waals surface area contributed by atoms with E-state index in [1.807, 2.05) is 0 Å². The van der Waals surface area contributed by atoms with E-state index >= 15 is 0 Å². The number of rotatable bonds is 14. The maximum Gasteiger partial charge on any atom is 0.199 e. The first kappa shape index (κ1) is 17.9. The summed E-state index contributed by atoms with van der Waals surface area (Å²) in [4.78, 5) is 0. The second kappa shape index (κ2) is 12.6. The quantitative estimate of drug-likeness (QED) is 0.396. The number of furan rings is 1. The van der Waals surface area contributed by atoms with Gasteiger partial charge < -0.3 is 13.9 Å². The normalized spacial score (nSPS) is 10.8. The lowest BCUT2D eigenvalue weighted by molar-refractivity contribution is 0.260. The van der Waals surface area contributed by atoms with Crippen LogP contribution in [0.2, 0.25) is 0 Å². The molecule has 0 bridgehead atoms. The predicted molar refractivity (Wildman–Crippen MR) is 87.2 cm³/mol. The highest BCUT2D eigenvalue weighted by atomic mass is 16.5. The fraction of sp³-hybridized carbons (Fsp3) is 0.778. The van der Waals surface area contributed by atoms with Crippen LogP contribution in [0.3, 0.4) is 0 Å². The summed E-state index contributed by atoms with van der Waals surface area (Å²) in [6, 6.07) is 0. The smallest absolute Gasteiger partial charge is 0.199 e. The van der Waals surface area contributed by atoms with Gasteiger partial charge in [0.05, 0.1) is 13.2 Å². The van der Waals surface area contributed by atoms with Gasteiger partial charge in [-0.05, 0) is 12.8 Å². The van der Waals surface area contributed by atoms with E-state index in [0.717, 1.165) is 37.6 Å². The molecule has 0 aliphatic carbocycles. The Morgan fingerprint density at radius 3 is 1.52 bits per heavy atom. The van der Waals surface area contributed by atoms with E-state index in [2.05, 4.69) is 13.8 Å². The molecule has 0 radical (unpaired) electrons. The van der Waals surface area contributed by atoms with Crippen LogP contribution in [0.4, 0.5) is 0 Å². The van der Waals surface area contributed by atoms with Gasteiger partial charge in [0.15, 0.2) is 11.5 Å². The van der Waals surface area contributed by atoms with E-state index < -0.39 is 0 Å². The van der Waals surface area contributed by atoms with Crippen LogP contribution >= 0.6 is 0 Å². The SMILES string of the molecule is CCCCCCCOc1cocc1OCCCCCCC. The third-order valence-electron chi connectivity index (χ3n) is 3.60. The minimum atomic E-state index is 0.746. The highest BCUT2D eigenvalue weighted by Crippen LogP contribution is 2.28. The van der Waals surface area contributed by atoms with Crippen molar-refractivity contribution in [1.29, 1.82) is 0 Å². The van der Waals surface area contributed by atoms with E-state index in [1.54, 1.807) is 12.5 Å². The standard InChI is InChI=1S/C18H32O3/c1-3-5-7-9-11-13-20-17-15-19-16-18(17)21-14-12-10-8-6-4-2/h15-16H,3-14H2,1-2H3. The zero-order valence-electron chi connectivity index (χ0n) is 13.9. The molecule has 0 N–H and O–H groups in total. The van der Waals surface area contributed by atoms with Gasteiger partial charge in [0.25, 0.3) is 0 Å². The molecule has 0 fully saturated rings. The average Bonchev–Trinajstić information content (AvgIpc) is 2.94. The summed E-state index contributed by atoms with van der Waals surface area (Å²) in [5, 5.41) is 0. The van der Waals surface area contributed by atoms with Gasteiger partial charge in [0.2, 0.25) is 0 Å². The molecule has 1 aromatic rings. The summed E-state index contributed by atoms with van der Waals surface area (Å²) in [5.41, 5.74) is 0. The van der Waals surface area contributed by atoms with Gasteiger partial charge >= 0.3 is 0 Å². The molecule has 0 unspecified atom stereocenters. The number of hydrogen-bond donors (Lipinski definition) is 0. The van der Waals surface area contributed by atoms with Gasteiger partial charge in [-0.25, -0.2) is 0 Å². The summed E-state index contributed by atoms with van der Waals surface area (Å²) in [6.45, 7) is 5.95. The lowest BCUT2D eigenvalue weighted by Crippen LogP contribution is -2.01.